The molecule has 0 spiro atoms. The lowest BCUT2D eigenvalue weighted by molar-refractivity contribution is -0.429. The molecule has 0 atom stereocenters. The Morgan fingerprint density at radius 2 is 1.54 bits per heavy atom. The molecule has 6 N–H and O–H groups in total. The summed E-state index contributed by atoms with van der Waals surface area (Å²) < 4.78 is 0. The van der Waals surface area contributed by atoms with Crippen LogP contribution in [0.25, 0.3) is 0 Å². The van der Waals surface area contributed by atoms with Crippen LogP contribution in [0, 0.1) is 0 Å². The Bertz CT molecular complexity index is 234. The van der Waals surface area contributed by atoms with Gasteiger partial charge in [0.2, 0.25) is 0 Å². The van der Waals surface area contributed by atoms with E-state index in [0.717, 1.165) is 6.92 Å². The molecule has 0 amide bonds. The molecule has 76 valence electrons. The first kappa shape index (κ1) is 12.0. The van der Waals surface area contributed by atoms with Crippen molar-refractivity contribution in [2.75, 3.05) is 0 Å². The van der Waals surface area contributed by atoms with Crippen LogP contribution in [0.4, 0.5) is 0 Å². The summed E-state index contributed by atoms with van der Waals surface area (Å²) in [5.74, 6) is -8.74. The highest BCUT2D eigenvalue weighted by atomic mass is 16.7. The van der Waals surface area contributed by atoms with Gasteiger partial charge < -0.3 is 30.6 Å². The van der Waals surface area contributed by atoms with Crippen LogP contribution in [0.5, 0.6) is 0 Å². The number of hydrogen-bond donors (Lipinski definition) is 6. The van der Waals surface area contributed by atoms with Crippen LogP contribution >= 0.6 is 0 Å². The zero-order valence-electron chi connectivity index (χ0n) is 6.67. The minimum Gasteiger partial charge on any atom is -0.478 e. The van der Waals surface area contributed by atoms with E-state index in [1.54, 1.807) is 0 Å². The number of carboxylic acids is 1. The summed E-state index contributed by atoms with van der Waals surface area (Å²) in [6, 6.07) is 0. The molecule has 0 aromatic carbocycles. The second-order valence-electron chi connectivity index (χ2n) is 2.49. The molecule has 0 radical (unpaired) electrons. The third-order valence-corrected chi connectivity index (χ3v) is 1.25. The number of rotatable bonds is 3. The minimum absolute atomic E-state index is 0.190. The van der Waals surface area contributed by atoms with Crippen LogP contribution in [-0.4, -0.2) is 48.4 Å². The zero-order chi connectivity index (χ0) is 10.9. The van der Waals surface area contributed by atoms with E-state index in [1.165, 1.54) is 0 Å². The van der Waals surface area contributed by atoms with Gasteiger partial charge >= 0.3 is 11.9 Å². The second-order valence-corrected chi connectivity index (χ2v) is 2.49. The first-order chi connectivity index (χ1) is 5.58. The van der Waals surface area contributed by atoms with Gasteiger partial charge in [0.15, 0.2) is 0 Å². The fourth-order valence-electron chi connectivity index (χ4n) is 0.460. The number of carbonyl (C=O) groups is 1. The zero-order valence-corrected chi connectivity index (χ0v) is 6.67. The average molecular weight is 194 g/mol. The molecular weight excluding hydrogens is 184 g/mol. The fourth-order valence-corrected chi connectivity index (χ4v) is 0.460. The summed E-state index contributed by atoms with van der Waals surface area (Å²) in [5.41, 5.74) is -0.563. The monoisotopic (exact) mass is 194 g/mol. The summed E-state index contributed by atoms with van der Waals surface area (Å²) in [6.07, 6.45) is 0.190. The van der Waals surface area contributed by atoms with E-state index < -0.39 is 23.3 Å². The van der Waals surface area contributed by atoms with E-state index in [-0.39, 0.29) is 6.08 Å². The molecule has 0 rings (SSSR count). The van der Waals surface area contributed by atoms with Gasteiger partial charge in [0, 0.05) is 5.57 Å². The van der Waals surface area contributed by atoms with Crippen molar-refractivity contribution in [2.45, 2.75) is 18.7 Å². The van der Waals surface area contributed by atoms with Crippen molar-refractivity contribution in [3.8, 4) is 0 Å². The van der Waals surface area contributed by atoms with Crippen molar-refractivity contribution < 1.29 is 35.4 Å². The molecule has 0 aliphatic carbocycles. The maximum absolute atomic E-state index is 10.2. The Morgan fingerprint density at radius 1 is 1.15 bits per heavy atom. The summed E-state index contributed by atoms with van der Waals surface area (Å²) in [7, 11) is 0. The molecule has 7 nitrogen and oxygen atoms in total. The topological polar surface area (TPSA) is 138 Å². The van der Waals surface area contributed by atoms with Crippen LogP contribution in [0.15, 0.2) is 11.6 Å². The van der Waals surface area contributed by atoms with Crippen LogP contribution in [-0.2, 0) is 4.79 Å². The molecule has 0 aromatic heterocycles. The Balaban J connectivity index is 4.89. The third kappa shape index (κ3) is 3.09. The number of hydrogen-bond acceptors (Lipinski definition) is 6. The lowest BCUT2D eigenvalue weighted by Gasteiger charge is -2.27. The SMILES string of the molecule is CC(=CC(O)(O)C(O)(O)O)C(=O)O. The maximum atomic E-state index is 10.2. The predicted octanol–water partition coefficient (Wildman–Crippen LogP) is -2.67. The summed E-state index contributed by atoms with van der Waals surface area (Å²) in [4.78, 5) is 10.2. The van der Waals surface area contributed by atoms with Crippen molar-refractivity contribution in [1.29, 1.82) is 0 Å². The molecule has 0 fully saturated rings. The van der Waals surface area contributed by atoms with Crippen molar-refractivity contribution in [2.24, 2.45) is 0 Å². The minimum atomic E-state index is -3.82. The summed E-state index contributed by atoms with van der Waals surface area (Å²) >= 11 is 0. The first-order valence-electron chi connectivity index (χ1n) is 3.12. The largest absolute Gasteiger partial charge is 0.478 e. The highest BCUT2D eigenvalue weighted by Crippen LogP contribution is 2.17. The molecule has 0 saturated carbocycles. The van der Waals surface area contributed by atoms with E-state index in [9.17, 15) is 4.79 Å². The smallest absolute Gasteiger partial charge is 0.336 e. The van der Waals surface area contributed by atoms with Gasteiger partial charge in [-0.1, -0.05) is 0 Å². The molecule has 0 aliphatic heterocycles. The summed E-state index contributed by atoms with van der Waals surface area (Å²) in [5, 5.41) is 50.8. The molecule has 7 heteroatoms. The second kappa shape index (κ2) is 3.40. The first-order valence-corrected chi connectivity index (χ1v) is 3.12. The predicted molar refractivity (Wildman–Crippen MR) is 37.9 cm³/mol. The van der Waals surface area contributed by atoms with Crippen molar-refractivity contribution in [3.63, 3.8) is 0 Å². The third-order valence-electron chi connectivity index (χ3n) is 1.25. The van der Waals surface area contributed by atoms with E-state index in [2.05, 4.69) is 0 Å². The normalized spacial score (nSPS) is 14.5. The highest BCUT2D eigenvalue weighted by Gasteiger charge is 2.44. The molecule has 0 unspecified atom stereocenters. The van der Waals surface area contributed by atoms with Crippen molar-refractivity contribution in [3.05, 3.63) is 11.6 Å². The number of aliphatic hydroxyl groups is 5. The van der Waals surface area contributed by atoms with Crippen LogP contribution in [0.3, 0.4) is 0 Å². The van der Waals surface area contributed by atoms with Gasteiger partial charge in [-0.2, -0.15) is 0 Å². The van der Waals surface area contributed by atoms with E-state index in [0.29, 0.717) is 0 Å². The maximum Gasteiger partial charge on any atom is 0.336 e. The van der Waals surface area contributed by atoms with Gasteiger partial charge in [-0.05, 0) is 13.0 Å². The van der Waals surface area contributed by atoms with Crippen LogP contribution in [0.2, 0.25) is 0 Å². The number of aliphatic carboxylic acids is 1. The van der Waals surface area contributed by atoms with E-state index in [1.807, 2.05) is 0 Å². The van der Waals surface area contributed by atoms with Gasteiger partial charge in [-0.25, -0.2) is 4.79 Å². The quantitative estimate of drug-likeness (QED) is 0.213. The average Bonchev–Trinajstić information content (AvgIpc) is 1.83. The van der Waals surface area contributed by atoms with Crippen molar-refractivity contribution >= 4 is 5.97 Å². The molecule has 0 heterocycles. The van der Waals surface area contributed by atoms with Gasteiger partial charge in [-0.15, -0.1) is 0 Å². The lowest BCUT2D eigenvalue weighted by atomic mass is 10.1. The van der Waals surface area contributed by atoms with Gasteiger partial charge in [0.05, 0.1) is 0 Å². The van der Waals surface area contributed by atoms with Gasteiger partial charge in [0.25, 0.3) is 5.79 Å². The molecule has 0 saturated heterocycles. The van der Waals surface area contributed by atoms with E-state index >= 15 is 0 Å². The van der Waals surface area contributed by atoms with Gasteiger partial charge in [-0.3, -0.25) is 0 Å². The van der Waals surface area contributed by atoms with Crippen LogP contribution < -0.4 is 0 Å². The van der Waals surface area contributed by atoms with Gasteiger partial charge in [0.1, 0.15) is 0 Å². The lowest BCUT2D eigenvalue weighted by Crippen LogP contribution is -2.53. The Labute approximate surface area is 72.8 Å². The number of carboxylic acid groups (broad SMARTS) is 1. The highest BCUT2D eigenvalue weighted by molar-refractivity contribution is 5.85. The molecule has 0 aliphatic rings. The summed E-state index contributed by atoms with van der Waals surface area (Å²) in [6.45, 7) is 0.981. The molecular formula is C6H10O7. The Morgan fingerprint density at radius 3 is 1.77 bits per heavy atom. The molecule has 0 bridgehead atoms. The Hall–Kier alpha value is -0.990. The molecule has 13 heavy (non-hydrogen) atoms. The fraction of sp³-hybridized carbons (Fsp3) is 0.500. The van der Waals surface area contributed by atoms with E-state index in [4.69, 9.17) is 30.6 Å². The molecule has 0 aromatic rings. The standard InChI is InChI=1S/C6H10O7/c1-3(4(7)8)2-5(9,10)6(11,12)13/h2,9-13H,1H3,(H,7,8). The van der Waals surface area contributed by atoms with Crippen LogP contribution in [0.1, 0.15) is 6.92 Å². The Kier molecular flexibility index (Phi) is 3.14. The van der Waals surface area contributed by atoms with Crippen molar-refractivity contribution in [1.82, 2.24) is 0 Å².